The Balaban J connectivity index is 0.00000128. The normalized spacial score (nSPS) is 9.62. The molecule has 86 valence electrons. The van der Waals surface area contributed by atoms with Crippen molar-refractivity contribution in [3.8, 4) is 17.0 Å². The van der Waals surface area contributed by atoms with Gasteiger partial charge in [0.25, 0.3) is 0 Å². The van der Waals surface area contributed by atoms with Crippen LogP contribution in [0.4, 0.5) is 5.13 Å². The van der Waals surface area contributed by atoms with Crippen LogP contribution in [0.2, 0.25) is 5.02 Å². The molecule has 3 nitrogen and oxygen atoms in total. The number of nitrogens with zero attached hydrogens (tertiary/aromatic N) is 1. The van der Waals surface area contributed by atoms with Gasteiger partial charge in [-0.25, -0.2) is 4.98 Å². The van der Waals surface area contributed by atoms with Crippen molar-refractivity contribution in [3.05, 3.63) is 28.6 Å². The molecular formula is C10H10Cl2N2OS. The van der Waals surface area contributed by atoms with Crippen molar-refractivity contribution in [3.63, 3.8) is 0 Å². The third kappa shape index (κ3) is 2.58. The molecule has 2 rings (SSSR count). The average Bonchev–Trinajstić information content (AvgIpc) is 2.65. The molecule has 0 aliphatic carbocycles. The molecule has 0 unspecified atom stereocenters. The predicted molar refractivity (Wildman–Crippen MR) is 70.8 cm³/mol. The van der Waals surface area contributed by atoms with Crippen LogP contribution in [0.5, 0.6) is 5.75 Å². The van der Waals surface area contributed by atoms with Crippen molar-refractivity contribution in [1.82, 2.24) is 4.98 Å². The Labute approximate surface area is 109 Å². The van der Waals surface area contributed by atoms with E-state index in [0.29, 0.717) is 15.9 Å². The quantitative estimate of drug-likeness (QED) is 0.914. The van der Waals surface area contributed by atoms with Gasteiger partial charge in [0.2, 0.25) is 0 Å². The first-order valence-electron chi connectivity index (χ1n) is 4.25. The van der Waals surface area contributed by atoms with E-state index in [-0.39, 0.29) is 12.4 Å². The zero-order valence-corrected chi connectivity index (χ0v) is 10.8. The Morgan fingerprint density at radius 1 is 1.44 bits per heavy atom. The summed E-state index contributed by atoms with van der Waals surface area (Å²) < 4.78 is 5.07. The smallest absolute Gasteiger partial charge is 0.180 e. The highest BCUT2D eigenvalue weighted by molar-refractivity contribution is 7.13. The van der Waals surface area contributed by atoms with Crippen LogP contribution in [0, 0.1) is 0 Å². The fourth-order valence-corrected chi connectivity index (χ4v) is 2.08. The van der Waals surface area contributed by atoms with Gasteiger partial charge in [-0.05, 0) is 18.2 Å². The van der Waals surface area contributed by atoms with E-state index < -0.39 is 0 Å². The Bertz CT molecular complexity index is 487. The van der Waals surface area contributed by atoms with Gasteiger partial charge in [0.15, 0.2) is 5.13 Å². The first-order chi connectivity index (χ1) is 7.20. The van der Waals surface area contributed by atoms with Gasteiger partial charge in [-0.1, -0.05) is 11.6 Å². The van der Waals surface area contributed by atoms with E-state index in [1.54, 1.807) is 7.11 Å². The standard InChI is InChI=1S/C10H9ClN2OS.ClH/c1-14-9-3-2-6(4-7(9)11)8-5-15-10(12)13-8;/h2-5H,1H3,(H2,12,13);1H. The molecule has 1 aromatic heterocycles. The van der Waals surface area contributed by atoms with Crippen LogP contribution in [-0.2, 0) is 0 Å². The molecule has 2 N–H and O–H groups in total. The summed E-state index contributed by atoms with van der Waals surface area (Å²) in [5, 5.41) is 3.02. The molecule has 0 aliphatic rings. The monoisotopic (exact) mass is 276 g/mol. The Morgan fingerprint density at radius 3 is 2.69 bits per heavy atom. The maximum atomic E-state index is 6.01. The van der Waals surface area contributed by atoms with Crippen LogP contribution in [0.3, 0.4) is 0 Å². The molecule has 0 saturated carbocycles. The minimum Gasteiger partial charge on any atom is -0.495 e. The number of halogens is 2. The zero-order chi connectivity index (χ0) is 10.8. The second-order valence-corrected chi connectivity index (χ2v) is 4.22. The van der Waals surface area contributed by atoms with Gasteiger partial charge in [-0.15, -0.1) is 23.7 Å². The predicted octanol–water partition coefficient (Wildman–Crippen LogP) is 3.48. The average molecular weight is 277 g/mol. The van der Waals surface area contributed by atoms with Gasteiger partial charge < -0.3 is 10.5 Å². The zero-order valence-electron chi connectivity index (χ0n) is 8.44. The minimum atomic E-state index is 0. The number of nitrogens with two attached hydrogens (primary N) is 1. The second-order valence-electron chi connectivity index (χ2n) is 2.92. The van der Waals surface area contributed by atoms with Crippen LogP contribution >= 0.6 is 35.3 Å². The number of thiazole rings is 1. The van der Waals surface area contributed by atoms with E-state index in [9.17, 15) is 0 Å². The summed E-state index contributed by atoms with van der Waals surface area (Å²) in [5.74, 6) is 0.656. The van der Waals surface area contributed by atoms with E-state index in [4.69, 9.17) is 22.1 Å². The van der Waals surface area contributed by atoms with E-state index in [1.807, 2.05) is 23.6 Å². The molecule has 0 fully saturated rings. The lowest BCUT2D eigenvalue weighted by Gasteiger charge is -2.03. The van der Waals surface area contributed by atoms with E-state index >= 15 is 0 Å². The third-order valence-corrected chi connectivity index (χ3v) is 2.94. The van der Waals surface area contributed by atoms with Crippen molar-refractivity contribution < 1.29 is 4.74 Å². The number of methoxy groups -OCH3 is 1. The van der Waals surface area contributed by atoms with Crippen molar-refractivity contribution >= 4 is 40.5 Å². The molecule has 0 saturated heterocycles. The molecule has 0 spiro atoms. The minimum absolute atomic E-state index is 0. The van der Waals surface area contributed by atoms with E-state index in [2.05, 4.69) is 4.98 Å². The Hall–Kier alpha value is -0.970. The molecule has 0 atom stereocenters. The number of nitrogen functional groups attached to an aromatic ring is 1. The highest BCUT2D eigenvalue weighted by Gasteiger charge is 2.06. The van der Waals surface area contributed by atoms with Crippen LogP contribution in [0.15, 0.2) is 23.6 Å². The lowest BCUT2D eigenvalue weighted by atomic mass is 10.2. The van der Waals surface area contributed by atoms with Crippen LogP contribution in [0.25, 0.3) is 11.3 Å². The van der Waals surface area contributed by atoms with Crippen LogP contribution in [-0.4, -0.2) is 12.1 Å². The maximum absolute atomic E-state index is 6.01. The van der Waals surface area contributed by atoms with Crippen LogP contribution in [0.1, 0.15) is 0 Å². The Kier molecular flexibility index (Phi) is 4.41. The lowest BCUT2D eigenvalue weighted by molar-refractivity contribution is 0.415. The van der Waals surface area contributed by atoms with Crippen molar-refractivity contribution in [1.29, 1.82) is 0 Å². The SMILES string of the molecule is COc1ccc(-c2csc(N)n2)cc1Cl.Cl. The van der Waals surface area contributed by atoms with Gasteiger partial charge in [0.1, 0.15) is 5.75 Å². The highest BCUT2D eigenvalue weighted by Crippen LogP contribution is 2.30. The topological polar surface area (TPSA) is 48.1 Å². The molecule has 0 radical (unpaired) electrons. The van der Waals surface area contributed by atoms with Crippen molar-refractivity contribution in [2.45, 2.75) is 0 Å². The number of benzene rings is 1. The van der Waals surface area contributed by atoms with Gasteiger partial charge in [-0.2, -0.15) is 0 Å². The van der Waals surface area contributed by atoms with Gasteiger partial charge in [-0.3, -0.25) is 0 Å². The molecule has 16 heavy (non-hydrogen) atoms. The number of aromatic nitrogens is 1. The molecular weight excluding hydrogens is 267 g/mol. The third-order valence-electron chi connectivity index (χ3n) is 1.97. The van der Waals surface area contributed by atoms with Crippen LogP contribution < -0.4 is 10.5 Å². The summed E-state index contributed by atoms with van der Waals surface area (Å²) in [7, 11) is 1.59. The summed E-state index contributed by atoms with van der Waals surface area (Å²) in [5.41, 5.74) is 7.33. The van der Waals surface area contributed by atoms with Crippen molar-refractivity contribution in [2.24, 2.45) is 0 Å². The summed E-state index contributed by atoms with van der Waals surface area (Å²) >= 11 is 7.41. The maximum Gasteiger partial charge on any atom is 0.180 e. The first kappa shape index (κ1) is 13.1. The summed E-state index contributed by atoms with van der Waals surface area (Å²) in [4.78, 5) is 4.17. The van der Waals surface area contributed by atoms with Crippen molar-refractivity contribution in [2.75, 3.05) is 12.8 Å². The number of hydrogen-bond donors (Lipinski definition) is 1. The van der Waals surface area contributed by atoms with E-state index in [0.717, 1.165) is 11.3 Å². The molecule has 0 aliphatic heterocycles. The number of anilines is 1. The molecule has 2 aromatic rings. The fourth-order valence-electron chi connectivity index (χ4n) is 1.25. The highest BCUT2D eigenvalue weighted by atomic mass is 35.5. The lowest BCUT2D eigenvalue weighted by Crippen LogP contribution is -1.86. The largest absolute Gasteiger partial charge is 0.495 e. The molecule has 1 heterocycles. The first-order valence-corrected chi connectivity index (χ1v) is 5.51. The summed E-state index contributed by atoms with van der Waals surface area (Å²) in [6.45, 7) is 0. The molecule has 6 heteroatoms. The molecule has 1 aromatic carbocycles. The molecule has 0 bridgehead atoms. The molecule has 0 amide bonds. The van der Waals surface area contributed by atoms with Gasteiger partial charge in [0, 0.05) is 10.9 Å². The fraction of sp³-hybridized carbons (Fsp3) is 0.100. The van der Waals surface area contributed by atoms with E-state index in [1.165, 1.54) is 11.3 Å². The second kappa shape index (κ2) is 5.39. The summed E-state index contributed by atoms with van der Waals surface area (Å²) in [6.07, 6.45) is 0. The number of ether oxygens (including phenoxy) is 1. The van der Waals surface area contributed by atoms with Gasteiger partial charge >= 0.3 is 0 Å². The Morgan fingerprint density at radius 2 is 2.19 bits per heavy atom. The summed E-state index contributed by atoms with van der Waals surface area (Å²) in [6, 6.07) is 5.53. The number of rotatable bonds is 2. The number of hydrogen-bond acceptors (Lipinski definition) is 4. The van der Waals surface area contributed by atoms with Gasteiger partial charge in [0.05, 0.1) is 17.8 Å².